The van der Waals surface area contributed by atoms with Gasteiger partial charge in [-0.3, -0.25) is 19.3 Å². The fourth-order valence-corrected chi connectivity index (χ4v) is 6.94. The van der Waals surface area contributed by atoms with Gasteiger partial charge >= 0.3 is 5.97 Å². The van der Waals surface area contributed by atoms with Gasteiger partial charge in [-0.25, -0.2) is 14.9 Å². The summed E-state index contributed by atoms with van der Waals surface area (Å²) >= 11 is 3.65. The smallest absolute Gasteiger partial charge is 0.352 e. The Morgan fingerprint density at radius 1 is 1.41 bits per heavy atom. The Morgan fingerprint density at radius 2 is 2.28 bits per heavy atom. The minimum atomic E-state index is -1.24. The van der Waals surface area contributed by atoms with Gasteiger partial charge in [0.15, 0.2) is 10.8 Å². The predicted molar refractivity (Wildman–Crippen MR) is 141 cm³/mol. The van der Waals surface area contributed by atoms with Crippen molar-refractivity contribution in [1.29, 1.82) is 0 Å². The van der Waals surface area contributed by atoms with Crippen molar-refractivity contribution < 1.29 is 29.1 Å². The molecule has 3 atom stereocenters. The van der Waals surface area contributed by atoms with E-state index in [1.165, 1.54) is 33.8 Å². The SMILES string of the molecule is O=CNc1nc(/C(=N/OC2C=CCCC2)C(=O)NC2C(=O)N3C(C(=O)O)=C(CSc4nnn[nH]4)CS[C@H]23)cs1. The van der Waals surface area contributed by atoms with Crippen LogP contribution in [0.1, 0.15) is 25.0 Å². The second-order valence-electron chi connectivity index (χ2n) is 8.36. The lowest BCUT2D eigenvalue weighted by Crippen LogP contribution is -2.71. The van der Waals surface area contributed by atoms with E-state index in [-0.39, 0.29) is 34.1 Å². The highest BCUT2D eigenvalue weighted by Crippen LogP contribution is 2.41. The molecular formula is C21H21N9O6S3. The standard InChI is InChI=1S/C21H21N9O6S3/c31-9-22-20-23-12(8-39-20)13(27-36-11-4-2-1-3-5-11)16(32)24-14-17(33)30-15(19(34)35)10(6-37-18(14)30)7-38-21-25-28-29-26-21/h2,4,8-9,11,14,18H,1,3,5-7H2,(H,24,32)(H,34,35)(H,22,23,31)(H,25,26,28,29)/b27-13-/t11?,14?,18-/m1/s1. The third kappa shape index (κ3) is 5.81. The minimum Gasteiger partial charge on any atom is -0.477 e. The summed E-state index contributed by atoms with van der Waals surface area (Å²) < 4.78 is 0. The number of β-lactam (4-membered cyclic amide) rings is 1. The Bertz CT molecular complexity index is 1360. The molecule has 1 saturated heterocycles. The molecule has 2 aromatic rings. The normalized spacial score (nSPS) is 22.7. The third-order valence-electron chi connectivity index (χ3n) is 5.88. The molecule has 0 bridgehead atoms. The topological polar surface area (TPSA) is 205 Å². The number of tetrazole rings is 1. The average Bonchev–Trinajstić information content (AvgIpc) is 3.63. The molecule has 4 heterocycles. The van der Waals surface area contributed by atoms with E-state index in [2.05, 4.69) is 41.4 Å². The van der Waals surface area contributed by atoms with Crippen molar-refractivity contribution in [3.8, 4) is 0 Å². The van der Waals surface area contributed by atoms with Gasteiger partial charge in [0, 0.05) is 16.9 Å². The van der Waals surface area contributed by atoms with E-state index in [4.69, 9.17) is 4.84 Å². The van der Waals surface area contributed by atoms with E-state index < -0.39 is 29.2 Å². The number of aliphatic carboxylic acids is 1. The van der Waals surface area contributed by atoms with Crippen LogP contribution in [0.2, 0.25) is 0 Å². The molecule has 0 spiro atoms. The number of aromatic nitrogens is 5. The van der Waals surface area contributed by atoms with Crippen LogP contribution < -0.4 is 10.6 Å². The number of fused-ring (bicyclic) bond motifs is 1. The molecule has 2 unspecified atom stereocenters. The number of thiazole rings is 1. The highest BCUT2D eigenvalue weighted by Gasteiger charge is 2.54. The van der Waals surface area contributed by atoms with Crippen LogP contribution >= 0.6 is 34.9 Å². The van der Waals surface area contributed by atoms with Crippen LogP contribution in [-0.2, 0) is 24.0 Å². The van der Waals surface area contributed by atoms with Crippen molar-refractivity contribution in [3.63, 3.8) is 0 Å². The highest BCUT2D eigenvalue weighted by atomic mass is 32.2. The first kappa shape index (κ1) is 26.8. The third-order valence-corrected chi connectivity index (χ3v) is 8.93. The molecule has 0 saturated carbocycles. The van der Waals surface area contributed by atoms with Crippen LogP contribution in [0.4, 0.5) is 5.13 Å². The van der Waals surface area contributed by atoms with Crippen LogP contribution in [0, 0.1) is 0 Å². The second kappa shape index (κ2) is 12.0. The number of aromatic amines is 1. The quantitative estimate of drug-likeness (QED) is 0.0707. The highest BCUT2D eigenvalue weighted by molar-refractivity contribution is 8.01. The molecule has 1 fully saturated rings. The monoisotopic (exact) mass is 591 g/mol. The lowest BCUT2D eigenvalue weighted by molar-refractivity contribution is -0.150. The van der Waals surface area contributed by atoms with Gasteiger partial charge in [-0.05, 0) is 41.3 Å². The van der Waals surface area contributed by atoms with Gasteiger partial charge in [0.2, 0.25) is 11.6 Å². The van der Waals surface area contributed by atoms with Crippen LogP contribution in [0.15, 0.2) is 39.1 Å². The minimum absolute atomic E-state index is 0.111. The van der Waals surface area contributed by atoms with Gasteiger partial charge in [-0.2, -0.15) is 0 Å². The zero-order chi connectivity index (χ0) is 27.4. The van der Waals surface area contributed by atoms with Gasteiger partial charge in [0.25, 0.3) is 11.8 Å². The van der Waals surface area contributed by atoms with Crippen molar-refractivity contribution in [2.24, 2.45) is 5.16 Å². The summed E-state index contributed by atoms with van der Waals surface area (Å²) in [6.07, 6.45) is 6.59. The van der Waals surface area contributed by atoms with Crippen molar-refractivity contribution >= 4 is 69.9 Å². The van der Waals surface area contributed by atoms with Crippen molar-refractivity contribution in [2.75, 3.05) is 16.8 Å². The summed E-state index contributed by atoms with van der Waals surface area (Å²) in [4.78, 5) is 60.3. The first-order valence-electron chi connectivity index (χ1n) is 11.6. The van der Waals surface area contributed by atoms with Gasteiger partial charge in [0.1, 0.15) is 28.9 Å². The Labute approximate surface area is 232 Å². The summed E-state index contributed by atoms with van der Waals surface area (Å²) in [6.45, 7) is 0. The summed E-state index contributed by atoms with van der Waals surface area (Å²) in [6, 6.07) is -0.976. The molecule has 4 N–H and O–H groups in total. The fraction of sp³-hybridized carbons (Fsp3) is 0.381. The van der Waals surface area contributed by atoms with Gasteiger partial charge in [-0.1, -0.05) is 23.0 Å². The van der Waals surface area contributed by atoms with E-state index in [9.17, 15) is 24.3 Å². The summed E-state index contributed by atoms with van der Waals surface area (Å²) in [5, 5.41) is 33.9. The lowest BCUT2D eigenvalue weighted by atomic mass is 10.0. The van der Waals surface area contributed by atoms with Crippen LogP contribution in [0.5, 0.6) is 0 Å². The number of thioether (sulfide) groups is 2. The fourth-order valence-electron chi connectivity index (χ4n) is 4.06. The number of carbonyl (C=O) groups is 4. The number of hydrogen-bond acceptors (Lipinski definition) is 13. The number of anilines is 1. The molecule has 0 radical (unpaired) electrons. The number of carbonyl (C=O) groups excluding carboxylic acids is 3. The first-order valence-corrected chi connectivity index (χ1v) is 14.5. The second-order valence-corrected chi connectivity index (χ2v) is 11.3. The lowest BCUT2D eigenvalue weighted by Gasteiger charge is -2.49. The van der Waals surface area contributed by atoms with Gasteiger partial charge in [-0.15, -0.1) is 28.2 Å². The van der Waals surface area contributed by atoms with E-state index in [1.807, 2.05) is 12.2 Å². The predicted octanol–water partition coefficient (Wildman–Crippen LogP) is 0.585. The summed E-state index contributed by atoms with van der Waals surface area (Å²) in [7, 11) is 0. The Kier molecular flexibility index (Phi) is 8.22. The number of carboxylic acid groups (broad SMARTS) is 1. The molecule has 1 aliphatic carbocycles. The Morgan fingerprint density at radius 3 is 3.00 bits per heavy atom. The van der Waals surface area contributed by atoms with Crippen molar-refractivity contribution in [2.45, 2.75) is 41.9 Å². The number of H-pyrrole nitrogens is 1. The van der Waals surface area contributed by atoms with Gasteiger partial charge < -0.3 is 20.6 Å². The number of hydrogen-bond donors (Lipinski definition) is 4. The summed E-state index contributed by atoms with van der Waals surface area (Å²) in [5.41, 5.74) is 0.425. The van der Waals surface area contributed by atoms with E-state index in [1.54, 1.807) is 0 Å². The molecule has 3 amide bonds. The zero-order valence-electron chi connectivity index (χ0n) is 20.0. The van der Waals surface area contributed by atoms with Gasteiger partial charge in [0.05, 0.1) is 0 Å². The average molecular weight is 592 g/mol. The number of rotatable bonds is 11. The van der Waals surface area contributed by atoms with E-state index in [0.29, 0.717) is 22.9 Å². The molecule has 204 valence electrons. The molecule has 3 aliphatic rings. The summed E-state index contributed by atoms with van der Waals surface area (Å²) in [5.74, 6) is -1.90. The maximum absolute atomic E-state index is 13.3. The molecule has 0 aromatic carbocycles. The van der Waals surface area contributed by atoms with Crippen LogP contribution in [0.25, 0.3) is 0 Å². The molecular weight excluding hydrogens is 570 g/mol. The molecule has 39 heavy (non-hydrogen) atoms. The van der Waals surface area contributed by atoms with Crippen molar-refractivity contribution in [1.82, 2.24) is 35.8 Å². The van der Waals surface area contributed by atoms with Crippen LogP contribution in [0.3, 0.4) is 0 Å². The Balaban J connectivity index is 1.32. The number of nitrogens with one attached hydrogen (secondary N) is 3. The maximum Gasteiger partial charge on any atom is 0.352 e. The largest absolute Gasteiger partial charge is 0.477 e. The van der Waals surface area contributed by atoms with Crippen LogP contribution in [-0.4, -0.2) is 94.5 Å². The molecule has 2 aliphatic heterocycles. The Hall–Kier alpha value is -3.77. The molecule has 2 aromatic heterocycles. The zero-order valence-corrected chi connectivity index (χ0v) is 22.4. The first-order chi connectivity index (χ1) is 19.0. The molecule has 18 heteroatoms. The number of oxime groups is 1. The number of allylic oxidation sites excluding steroid dienone is 1. The van der Waals surface area contributed by atoms with E-state index in [0.717, 1.165) is 30.6 Å². The van der Waals surface area contributed by atoms with Crippen molar-refractivity contribution in [3.05, 3.63) is 34.5 Å². The maximum atomic E-state index is 13.3. The number of nitrogens with zero attached hydrogens (tertiary/aromatic N) is 6. The molecule has 15 nitrogen and oxygen atoms in total. The number of carboxylic acids is 1. The molecule has 5 rings (SSSR count). The van der Waals surface area contributed by atoms with E-state index >= 15 is 0 Å². The number of amides is 3.